The van der Waals surface area contributed by atoms with Crippen LogP contribution in [0.3, 0.4) is 0 Å². The number of rotatable bonds is 5. The number of anilines is 1. The molecule has 3 aromatic rings. The van der Waals surface area contributed by atoms with Gasteiger partial charge < -0.3 is 17.7 Å². The van der Waals surface area contributed by atoms with Crippen molar-refractivity contribution in [2.24, 2.45) is 0 Å². The van der Waals surface area contributed by atoms with Crippen molar-refractivity contribution in [2.45, 2.75) is 27.3 Å². The Morgan fingerprint density at radius 3 is 2.44 bits per heavy atom. The van der Waals surface area contributed by atoms with E-state index in [2.05, 4.69) is 54.1 Å². The highest BCUT2D eigenvalue weighted by molar-refractivity contribution is 7.18. The molecule has 130 valence electrons. The third kappa shape index (κ3) is 4.27. The second kappa shape index (κ2) is 8.28. The van der Waals surface area contributed by atoms with E-state index in [4.69, 9.17) is 0 Å². The molecule has 0 atom stereocenters. The van der Waals surface area contributed by atoms with Crippen LogP contribution in [0.2, 0.25) is 0 Å². The lowest BCUT2D eigenvalue weighted by molar-refractivity contribution is -0.665. The minimum atomic E-state index is 0. The van der Waals surface area contributed by atoms with Crippen molar-refractivity contribution >= 4 is 39.1 Å². The summed E-state index contributed by atoms with van der Waals surface area (Å²) in [5.41, 5.74) is 4.06. The van der Waals surface area contributed by atoms with Crippen molar-refractivity contribution in [3.05, 3.63) is 64.8 Å². The average molecular weight is 373 g/mol. The van der Waals surface area contributed by atoms with Crippen LogP contribution in [0.1, 0.15) is 36.1 Å². The summed E-state index contributed by atoms with van der Waals surface area (Å²) in [6.45, 7) is 6.75. The predicted octanol–water partition coefficient (Wildman–Crippen LogP) is 1.89. The average Bonchev–Trinajstić information content (AvgIpc) is 2.92. The second-order valence-corrected chi connectivity index (χ2v) is 6.80. The Hall–Kier alpha value is -2.17. The van der Waals surface area contributed by atoms with Crippen LogP contribution >= 0.6 is 11.3 Å². The van der Waals surface area contributed by atoms with Crippen molar-refractivity contribution < 1.29 is 21.8 Å². The first-order chi connectivity index (χ1) is 11.6. The number of carbonyl (C=O) groups excluding carboxylic acids is 1. The summed E-state index contributed by atoms with van der Waals surface area (Å²) in [6, 6.07) is 16.1. The van der Waals surface area contributed by atoms with Gasteiger partial charge in [0.05, 0.1) is 0 Å². The summed E-state index contributed by atoms with van der Waals surface area (Å²) in [6.07, 6.45) is 2.17. The molecule has 0 spiro atoms. The molecule has 0 unspecified atom stereocenters. The van der Waals surface area contributed by atoms with E-state index in [0.29, 0.717) is 0 Å². The number of aryl methyl sites for hydroxylation is 1. The monoisotopic (exact) mass is 372 g/mol. The molecule has 0 fully saturated rings. The van der Waals surface area contributed by atoms with Gasteiger partial charge in [-0.3, -0.25) is 4.79 Å². The first-order valence-corrected chi connectivity index (χ1v) is 8.88. The van der Waals surface area contributed by atoms with E-state index < -0.39 is 0 Å². The number of benzene rings is 2. The van der Waals surface area contributed by atoms with Gasteiger partial charge in [-0.25, -0.2) is 0 Å². The van der Waals surface area contributed by atoms with Gasteiger partial charge >= 0.3 is 0 Å². The van der Waals surface area contributed by atoms with E-state index in [1.807, 2.05) is 24.3 Å². The number of nitrogens with zero attached hydrogens (tertiary/aromatic N) is 1. The maximum Gasteiger partial charge on any atom is 0.264 e. The standard InChI is InChI=1S/C20H20N2OS.ClH/c1-4-22-18-7-5-6-8-19(18)24-20(22)13-14(2)21-17-11-9-16(10-12-17)15(3)23;/h5-13H,4H2,1-3H3;1H. The molecular formula is C20H21ClN2OS. The largest absolute Gasteiger partial charge is 1.00 e. The SMILES string of the molecule is CC[n+]1c(C=C(C)Nc2ccc(C(C)=O)cc2)sc2ccccc21.[Cl-]. The molecule has 3 nitrogen and oxygen atoms in total. The molecule has 0 aliphatic carbocycles. The molecule has 1 heterocycles. The number of ketones is 1. The van der Waals surface area contributed by atoms with E-state index in [9.17, 15) is 4.79 Å². The summed E-state index contributed by atoms with van der Waals surface area (Å²) >= 11 is 1.80. The molecule has 0 saturated carbocycles. The molecule has 0 radical (unpaired) electrons. The van der Waals surface area contributed by atoms with Crippen LogP contribution in [-0.4, -0.2) is 5.78 Å². The van der Waals surface area contributed by atoms with Gasteiger partial charge in [-0.2, -0.15) is 4.57 Å². The van der Waals surface area contributed by atoms with Crippen LogP contribution in [0, 0.1) is 0 Å². The Kier molecular flexibility index (Phi) is 6.34. The minimum absolute atomic E-state index is 0. The Labute approximate surface area is 158 Å². The van der Waals surface area contributed by atoms with E-state index in [1.165, 1.54) is 15.2 Å². The molecule has 0 saturated heterocycles. The summed E-state index contributed by atoms with van der Waals surface area (Å²) in [4.78, 5) is 11.3. The first-order valence-electron chi connectivity index (χ1n) is 8.06. The number of allylic oxidation sites excluding steroid dienone is 1. The third-order valence-electron chi connectivity index (χ3n) is 3.93. The van der Waals surface area contributed by atoms with Crippen LogP contribution in [0.25, 0.3) is 16.3 Å². The third-order valence-corrected chi connectivity index (χ3v) is 5.04. The fourth-order valence-electron chi connectivity index (χ4n) is 2.72. The van der Waals surface area contributed by atoms with Crippen molar-refractivity contribution in [2.75, 3.05) is 5.32 Å². The van der Waals surface area contributed by atoms with Gasteiger partial charge in [0.1, 0.15) is 11.2 Å². The van der Waals surface area contributed by atoms with Crippen LogP contribution in [0.5, 0.6) is 0 Å². The van der Waals surface area contributed by atoms with E-state index >= 15 is 0 Å². The van der Waals surface area contributed by atoms with E-state index in [-0.39, 0.29) is 18.2 Å². The first kappa shape index (κ1) is 19.2. The Bertz CT molecular complexity index is 913. The molecular weight excluding hydrogens is 352 g/mol. The van der Waals surface area contributed by atoms with Crippen LogP contribution in [-0.2, 0) is 6.54 Å². The zero-order valence-corrected chi connectivity index (χ0v) is 16.1. The molecule has 3 rings (SSSR count). The predicted molar refractivity (Wildman–Crippen MR) is 101 cm³/mol. The number of Topliss-reactive ketones (excluding diaryl/α,β-unsaturated/α-hetero) is 1. The summed E-state index contributed by atoms with van der Waals surface area (Å²) in [5.74, 6) is 0.0862. The Balaban J connectivity index is 0.00000225. The number of hydrogen-bond acceptors (Lipinski definition) is 3. The smallest absolute Gasteiger partial charge is 0.264 e. The summed E-state index contributed by atoms with van der Waals surface area (Å²) in [7, 11) is 0. The van der Waals surface area contributed by atoms with Crippen LogP contribution in [0.15, 0.2) is 54.2 Å². The number of fused-ring (bicyclic) bond motifs is 1. The topological polar surface area (TPSA) is 33.0 Å². The zero-order valence-electron chi connectivity index (χ0n) is 14.5. The number of aromatic nitrogens is 1. The van der Waals surface area contributed by atoms with Gasteiger partial charge in [-0.15, -0.1) is 0 Å². The highest BCUT2D eigenvalue weighted by atomic mass is 35.5. The minimum Gasteiger partial charge on any atom is -1.00 e. The number of hydrogen-bond donors (Lipinski definition) is 1. The van der Waals surface area contributed by atoms with Crippen LogP contribution < -0.4 is 22.3 Å². The fraction of sp³-hybridized carbons (Fsp3) is 0.200. The maximum absolute atomic E-state index is 11.3. The van der Waals surface area contributed by atoms with Crippen molar-refractivity contribution in [1.29, 1.82) is 0 Å². The lowest BCUT2D eigenvalue weighted by atomic mass is 10.1. The van der Waals surface area contributed by atoms with Crippen molar-refractivity contribution in [1.82, 2.24) is 0 Å². The highest BCUT2D eigenvalue weighted by Crippen LogP contribution is 2.22. The van der Waals surface area contributed by atoms with Gasteiger partial charge in [0.15, 0.2) is 5.78 Å². The molecule has 25 heavy (non-hydrogen) atoms. The molecule has 0 amide bonds. The summed E-state index contributed by atoms with van der Waals surface area (Å²) in [5, 5.41) is 4.62. The van der Waals surface area contributed by atoms with Crippen LogP contribution in [0.4, 0.5) is 5.69 Å². The Morgan fingerprint density at radius 2 is 1.80 bits per heavy atom. The van der Waals surface area contributed by atoms with Gasteiger partial charge in [-0.05, 0) is 51.1 Å². The molecule has 0 bridgehead atoms. The van der Waals surface area contributed by atoms with Crippen molar-refractivity contribution in [3.8, 4) is 0 Å². The van der Waals surface area contributed by atoms with Crippen molar-refractivity contribution in [3.63, 3.8) is 0 Å². The van der Waals surface area contributed by atoms with Gasteiger partial charge in [0.25, 0.3) is 5.01 Å². The molecule has 1 aromatic heterocycles. The number of nitrogens with one attached hydrogen (secondary N) is 1. The lowest BCUT2D eigenvalue weighted by Gasteiger charge is -2.06. The zero-order chi connectivity index (χ0) is 17.1. The quantitative estimate of drug-likeness (QED) is 0.548. The highest BCUT2D eigenvalue weighted by Gasteiger charge is 2.16. The molecule has 2 aromatic carbocycles. The maximum atomic E-state index is 11.3. The number of para-hydroxylation sites is 1. The second-order valence-electron chi connectivity index (χ2n) is 5.74. The number of halogens is 1. The van der Waals surface area contributed by atoms with E-state index in [1.54, 1.807) is 18.3 Å². The van der Waals surface area contributed by atoms with Gasteiger partial charge in [0.2, 0.25) is 5.52 Å². The summed E-state index contributed by atoms with van der Waals surface area (Å²) < 4.78 is 3.62. The van der Waals surface area contributed by atoms with Gasteiger partial charge in [0, 0.05) is 29.1 Å². The molecule has 1 N–H and O–H groups in total. The molecule has 0 aliphatic heterocycles. The van der Waals surface area contributed by atoms with Gasteiger partial charge in [-0.1, -0.05) is 23.5 Å². The normalized spacial score (nSPS) is 11.2. The lowest BCUT2D eigenvalue weighted by Crippen LogP contribution is -3.00. The Morgan fingerprint density at radius 1 is 1.12 bits per heavy atom. The number of carbonyl (C=O) groups is 1. The molecule has 5 heteroatoms. The van der Waals surface area contributed by atoms with E-state index in [0.717, 1.165) is 23.5 Å². The molecule has 0 aliphatic rings. The fourth-order valence-corrected chi connectivity index (χ4v) is 3.95. The number of thiazole rings is 1.